The van der Waals surface area contributed by atoms with Crippen LogP contribution in [0.5, 0.6) is 0 Å². The minimum Gasteiger partial charge on any atom is -0.399 e. The Hall–Kier alpha value is -5.73. The Labute approximate surface area is 265 Å². The van der Waals surface area contributed by atoms with Crippen molar-refractivity contribution in [1.29, 1.82) is 0 Å². The van der Waals surface area contributed by atoms with Crippen molar-refractivity contribution in [3.8, 4) is 55.9 Å². The minimum absolute atomic E-state index is 0.767. The van der Waals surface area contributed by atoms with Crippen molar-refractivity contribution < 1.29 is 0 Å². The van der Waals surface area contributed by atoms with E-state index in [0.717, 1.165) is 62.4 Å². The van der Waals surface area contributed by atoms with Crippen molar-refractivity contribution in [2.45, 2.75) is 13.3 Å². The summed E-state index contributed by atoms with van der Waals surface area (Å²) in [6.45, 7) is 2.17. The summed E-state index contributed by atoms with van der Waals surface area (Å²) in [5.74, 6) is 0. The molecular weight excluding hydrogens is 544 g/mol. The lowest BCUT2D eigenvalue weighted by atomic mass is 9.95. The first-order chi connectivity index (χ1) is 22.1. The van der Waals surface area contributed by atoms with Gasteiger partial charge in [0.05, 0.1) is 11.4 Å². The van der Waals surface area contributed by atoms with Gasteiger partial charge in [-0.15, -0.1) is 0 Å². The zero-order valence-corrected chi connectivity index (χ0v) is 25.3. The van der Waals surface area contributed by atoms with Crippen molar-refractivity contribution in [3.05, 3.63) is 180 Å². The molecule has 0 aliphatic heterocycles. The van der Waals surface area contributed by atoms with Crippen LogP contribution in [0.1, 0.15) is 16.7 Å². The van der Waals surface area contributed by atoms with Crippen LogP contribution in [0.15, 0.2) is 164 Å². The van der Waals surface area contributed by atoms with Crippen molar-refractivity contribution in [1.82, 2.24) is 4.98 Å². The molecule has 0 bridgehead atoms. The summed E-state index contributed by atoms with van der Waals surface area (Å²) in [5, 5.41) is 0. The highest BCUT2D eigenvalue weighted by atomic mass is 14.7. The van der Waals surface area contributed by atoms with E-state index in [4.69, 9.17) is 10.7 Å². The number of nitrogen functional groups attached to an aromatic ring is 1. The van der Waals surface area contributed by atoms with Crippen molar-refractivity contribution in [2.24, 2.45) is 0 Å². The van der Waals surface area contributed by atoms with Gasteiger partial charge in [0.2, 0.25) is 0 Å². The van der Waals surface area contributed by atoms with Gasteiger partial charge < -0.3 is 5.73 Å². The third kappa shape index (κ3) is 6.46. The second-order valence-corrected chi connectivity index (χ2v) is 11.6. The van der Waals surface area contributed by atoms with E-state index in [9.17, 15) is 0 Å². The first-order valence-electron chi connectivity index (χ1n) is 15.4. The standard InChI is InChI=1S/C43H34N2/c1-30-21-32(23-31-17-19-35(20-18-31)38-25-37(26-41(44)27-38)33-11-5-2-6-12-33)24-40(22-30)43-29-39(34-13-7-3-8-14-34)28-42(45-43)36-15-9-4-10-16-36/h2-22,24-29H,23,44H2,1H3. The Morgan fingerprint density at radius 1 is 0.400 bits per heavy atom. The number of nitrogens with zero attached hydrogens (tertiary/aromatic N) is 1. The van der Waals surface area contributed by atoms with Gasteiger partial charge in [0.1, 0.15) is 0 Å². The smallest absolute Gasteiger partial charge is 0.0715 e. The van der Waals surface area contributed by atoms with Gasteiger partial charge in [0, 0.05) is 16.8 Å². The Kier molecular flexibility index (Phi) is 7.78. The predicted octanol–water partition coefficient (Wildman–Crippen LogP) is 10.9. The average molecular weight is 579 g/mol. The molecule has 0 fully saturated rings. The number of hydrogen-bond acceptors (Lipinski definition) is 2. The third-order valence-corrected chi connectivity index (χ3v) is 8.19. The van der Waals surface area contributed by atoms with Crippen LogP contribution in [-0.2, 0) is 6.42 Å². The number of pyridine rings is 1. The van der Waals surface area contributed by atoms with Gasteiger partial charge in [-0.25, -0.2) is 4.98 Å². The summed E-state index contributed by atoms with van der Waals surface area (Å²) >= 11 is 0. The Balaban J connectivity index is 1.19. The maximum Gasteiger partial charge on any atom is 0.0715 e. The number of aromatic nitrogens is 1. The molecule has 0 radical (unpaired) electrons. The van der Waals surface area contributed by atoms with Gasteiger partial charge in [0.15, 0.2) is 0 Å². The number of nitrogens with two attached hydrogens (primary N) is 1. The molecule has 2 N–H and O–H groups in total. The Morgan fingerprint density at radius 2 is 0.889 bits per heavy atom. The van der Waals surface area contributed by atoms with Crippen molar-refractivity contribution >= 4 is 5.69 Å². The van der Waals surface area contributed by atoms with Crippen LogP contribution >= 0.6 is 0 Å². The fourth-order valence-electron chi connectivity index (χ4n) is 6.01. The molecule has 0 aliphatic carbocycles. The first-order valence-corrected chi connectivity index (χ1v) is 15.4. The first kappa shape index (κ1) is 28.1. The fraction of sp³-hybridized carbons (Fsp3) is 0.0465. The van der Waals surface area contributed by atoms with Crippen LogP contribution in [0.3, 0.4) is 0 Å². The molecule has 0 unspecified atom stereocenters. The molecule has 1 aromatic heterocycles. The highest BCUT2D eigenvalue weighted by Crippen LogP contribution is 2.33. The maximum atomic E-state index is 6.32. The van der Waals surface area contributed by atoms with E-state index in [2.05, 4.69) is 153 Å². The van der Waals surface area contributed by atoms with E-state index in [0.29, 0.717) is 0 Å². The molecule has 0 saturated carbocycles. The number of aryl methyl sites for hydroxylation is 1. The molecule has 45 heavy (non-hydrogen) atoms. The second kappa shape index (κ2) is 12.5. The van der Waals surface area contributed by atoms with Gasteiger partial charge in [0.25, 0.3) is 0 Å². The van der Waals surface area contributed by atoms with E-state index < -0.39 is 0 Å². The van der Waals surface area contributed by atoms with Crippen molar-refractivity contribution in [2.75, 3.05) is 5.73 Å². The van der Waals surface area contributed by atoms with Crippen LogP contribution in [-0.4, -0.2) is 4.98 Å². The summed E-state index contributed by atoms with van der Waals surface area (Å²) in [4.78, 5) is 5.16. The molecule has 216 valence electrons. The van der Waals surface area contributed by atoms with E-state index in [1.807, 2.05) is 18.2 Å². The van der Waals surface area contributed by atoms with Crippen LogP contribution in [0.4, 0.5) is 5.69 Å². The van der Waals surface area contributed by atoms with Crippen molar-refractivity contribution in [3.63, 3.8) is 0 Å². The SMILES string of the molecule is Cc1cc(Cc2ccc(-c3cc(N)cc(-c4ccccc4)c3)cc2)cc(-c2cc(-c3ccccc3)cc(-c3ccccc3)n2)c1. The third-order valence-electron chi connectivity index (χ3n) is 8.19. The zero-order chi connectivity index (χ0) is 30.6. The van der Waals surface area contributed by atoms with Crippen LogP contribution in [0.25, 0.3) is 55.9 Å². The highest BCUT2D eigenvalue weighted by molar-refractivity contribution is 5.78. The largest absolute Gasteiger partial charge is 0.399 e. The van der Waals surface area contributed by atoms with Gasteiger partial charge in [-0.3, -0.25) is 0 Å². The summed E-state index contributed by atoms with van der Waals surface area (Å²) in [5.41, 5.74) is 21.9. The lowest BCUT2D eigenvalue weighted by molar-refractivity contribution is 1.18. The molecule has 7 aromatic rings. The molecule has 7 rings (SSSR count). The average Bonchev–Trinajstić information content (AvgIpc) is 3.09. The molecule has 0 saturated heterocycles. The minimum atomic E-state index is 0.767. The number of hydrogen-bond donors (Lipinski definition) is 1. The Bertz CT molecular complexity index is 2010. The molecule has 6 aromatic carbocycles. The molecule has 2 heteroatoms. The zero-order valence-electron chi connectivity index (χ0n) is 25.3. The molecule has 2 nitrogen and oxygen atoms in total. The molecule has 1 heterocycles. The van der Waals surface area contributed by atoms with Gasteiger partial charge >= 0.3 is 0 Å². The molecule has 0 atom stereocenters. The van der Waals surface area contributed by atoms with E-state index in [-0.39, 0.29) is 0 Å². The van der Waals surface area contributed by atoms with E-state index in [1.54, 1.807) is 0 Å². The summed E-state index contributed by atoms with van der Waals surface area (Å²) in [6, 6.07) is 57.7. The van der Waals surface area contributed by atoms with Crippen LogP contribution < -0.4 is 5.73 Å². The van der Waals surface area contributed by atoms with E-state index >= 15 is 0 Å². The van der Waals surface area contributed by atoms with E-state index in [1.165, 1.54) is 22.3 Å². The Morgan fingerprint density at radius 3 is 1.47 bits per heavy atom. The molecule has 0 aliphatic rings. The molecular formula is C43H34N2. The van der Waals surface area contributed by atoms with Crippen LogP contribution in [0.2, 0.25) is 0 Å². The lowest BCUT2D eigenvalue weighted by Crippen LogP contribution is -1.95. The monoisotopic (exact) mass is 578 g/mol. The quantitative estimate of drug-likeness (QED) is 0.191. The van der Waals surface area contributed by atoms with Crippen LogP contribution in [0, 0.1) is 6.92 Å². The lowest BCUT2D eigenvalue weighted by Gasteiger charge is -2.13. The number of rotatable bonds is 7. The normalized spacial score (nSPS) is 11.0. The number of benzene rings is 6. The summed E-state index contributed by atoms with van der Waals surface area (Å²) in [7, 11) is 0. The summed E-state index contributed by atoms with van der Waals surface area (Å²) < 4.78 is 0. The second-order valence-electron chi connectivity index (χ2n) is 11.6. The fourth-order valence-corrected chi connectivity index (χ4v) is 6.01. The summed E-state index contributed by atoms with van der Waals surface area (Å²) in [6.07, 6.45) is 0.838. The number of anilines is 1. The maximum absolute atomic E-state index is 6.32. The highest BCUT2D eigenvalue weighted by Gasteiger charge is 2.11. The topological polar surface area (TPSA) is 38.9 Å². The predicted molar refractivity (Wildman–Crippen MR) is 190 cm³/mol. The van der Waals surface area contributed by atoms with Gasteiger partial charge in [-0.2, -0.15) is 0 Å². The molecule has 0 amide bonds. The van der Waals surface area contributed by atoms with Gasteiger partial charge in [-0.1, -0.05) is 127 Å². The van der Waals surface area contributed by atoms with Gasteiger partial charge in [-0.05, 0) is 100 Å². The molecule has 0 spiro atoms.